The summed E-state index contributed by atoms with van der Waals surface area (Å²) in [5.74, 6) is 0.116. The number of rotatable bonds is 10. The zero-order chi connectivity index (χ0) is 20.2. The fourth-order valence-electron chi connectivity index (χ4n) is 2.66. The lowest BCUT2D eigenvalue weighted by atomic mass is 10.1. The molecule has 0 aliphatic heterocycles. The molecule has 2 aromatic carbocycles. The molecular weight excluding hydrogens is 352 g/mol. The van der Waals surface area contributed by atoms with E-state index in [0.29, 0.717) is 12.1 Å². The van der Waals surface area contributed by atoms with Crippen molar-refractivity contribution in [3.05, 3.63) is 71.4 Å². The molecule has 5 nitrogen and oxygen atoms in total. The first-order valence-corrected chi connectivity index (χ1v) is 9.64. The van der Waals surface area contributed by atoms with Gasteiger partial charge in [-0.3, -0.25) is 9.59 Å². The SMILES string of the molecule is CCCCCCNC(=O)/C(=C/c1ccc(OC)cc1)NC(=O)c1ccccc1. The minimum atomic E-state index is -0.318. The van der Waals surface area contributed by atoms with Crippen molar-refractivity contribution in [2.24, 2.45) is 0 Å². The predicted octanol–water partition coefficient (Wildman–Crippen LogP) is 4.16. The second kappa shape index (κ2) is 11.6. The standard InChI is InChI=1S/C23H28N2O3/c1-3-4-5-9-16-24-23(27)21(17-18-12-14-20(28-2)15-13-18)25-22(26)19-10-7-6-8-11-19/h6-8,10-15,17H,3-5,9,16H2,1-2H3,(H,24,27)(H,25,26)/b21-17-. The molecule has 0 saturated carbocycles. The monoisotopic (exact) mass is 380 g/mol. The number of carbonyl (C=O) groups excluding carboxylic acids is 2. The number of carbonyl (C=O) groups is 2. The second-order valence-corrected chi connectivity index (χ2v) is 6.47. The minimum Gasteiger partial charge on any atom is -0.497 e. The van der Waals surface area contributed by atoms with Crippen molar-refractivity contribution >= 4 is 17.9 Å². The van der Waals surface area contributed by atoms with Crippen LogP contribution >= 0.6 is 0 Å². The molecule has 0 radical (unpaired) electrons. The first kappa shape index (κ1) is 21.2. The maximum atomic E-state index is 12.7. The van der Waals surface area contributed by atoms with Gasteiger partial charge in [-0.05, 0) is 42.3 Å². The normalized spacial score (nSPS) is 11.0. The van der Waals surface area contributed by atoms with E-state index in [0.717, 1.165) is 37.0 Å². The van der Waals surface area contributed by atoms with Crippen molar-refractivity contribution < 1.29 is 14.3 Å². The molecule has 0 unspecified atom stereocenters. The summed E-state index contributed by atoms with van der Waals surface area (Å²) in [6.07, 6.45) is 5.95. The highest BCUT2D eigenvalue weighted by atomic mass is 16.5. The minimum absolute atomic E-state index is 0.217. The second-order valence-electron chi connectivity index (χ2n) is 6.47. The Labute approximate surface area is 166 Å². The molecule has 0 spiro atoms. The zero-order valence-corrected chi connectivity index (χ0v) is 16.5. The smallest absolute Gasteiger partial charge is 0.267 e. The van der Waals surface area contributed by atoms with Gasteiger partial charge in [-0.15, -0.1) is 0 Å². The summed E-state index contributed by atoms with van der Waals surface area (Å²) in [5, 5.41) is 5.64. The number of ether oxygens (including phenoxy) is 1. The predicted molar refractivity (Wildman–Crippen MR) is 112 cm³/mol. The largest absolute Gasteiger partial charge is 0.497 e. The fourth-order valence-corrected chi connectivity index (χ4v) is 2.66. The Morgan fingerprint density at radius 1 is 0.964 bits per heavy atom. The lowest BCUT2D eigenvalue weighted by Gasteiger charge is -2.11. The van der Waals surface area contributed by atoms with Crippen LogP contribution in [0.2, 0.25) is 0 Å². The lowest BCUT2D eigenvalue weighted by molar-refractivity contribution is -0.117. The Bertz CT molecular complexity index is 783. The summed E-state index contributed by atoms with van der Waals surface area (Å²) >= 11 is 0. The third-order valence-corrected chi connectivity index (χ3v) is 4.27. The molecular formula is C23H28N2O3. The molecule has 0 saturated heterocycles. The van der Waals surface area contributed by atoms with Crippen molar-refractivity contribution in [1.82, 2.24) is 10.6 Å². The van der Waals surface area contributed by atoms with Crippen LogP contribution < -0.4 is 15.4 Å². The molecule has 2 rings (SSSR count). The highest BCUT2D eigenvalue weighted by Gasteiger charge is 2.14. The summed E-state index contributed by atoms with van der Waals surface area (Å²) < 4.78 is 5.16. The van der Waals surface area contributed by atoms with Crippen LogP contribution in [-0.2, 0) is 4.79 Å². The van der Waals surface area contributed by atoms with Crippen LogP contribution in [0, 0.1) is 0 Å². The van der Waals surface area contributed by atoms with E-state index >= 15 is 0 Å². The van der Waals surface area contributed by atoms with Gasteiger partial charge < -0.3 is 15.4 Å². The molecule has 0 atom stereocenters. The van der Waals surface area contributed by atoms with E-state index in [-0.39, 0.29) is 17.5 Å². The quantitative estimate of drug-likeness (QED) is 0.480. The third kappa shape index (κ3) is 6.91. The Morgan fingerprint density at radius 2 is 1.68 bits per heavy atom. The summed E-state index contributed by atoms with van der Waals surface area (Å²) in [6, 6.07) is 16.1. The molecule has 28 heavy (non-hydrogen) atoms. The van der Waals surface area contributed by atoms with Crippen LogP contribution in [0.15, 0.2) is 60.3 Å². The molecule has 0 bridgehead atoms. The van der Waals surface area contributed by atoms with E-state index < -0.39 is 0 Å². The maximum absolute atomic E-state index is 12.7. The van der Waals surface area contributed by atoms with Gasteiger partial charge in [0, 0.05) is 12.1 Å². The lowest BCUT2D eigenvalue weighted by Crippen LogP contribution is -2.35. The van der Waals surface area contributed by atoms with E-state index in [4.69, 9.17) is 4.74 Å². The van der Waals surface area contributed by atoms with Gasteiger partial charge in [0.15, 0.2) is 0 Å². The molecule has 148 valence electrons. The molecule has 2 N–H and O–H groups in total. The first-order valence-electron chi connectivity index (χ1n) is 9.64. The van der Waals surface area contributed by atoms with Crippen LogP contribution in [0.3, 0.4) is 0 Å². The number of hydrogen-bond acceptors (Lipinski definition) is 3. The van der Waals surface area contributed by atoms with Crippen LogP contribution in [0.1, 0.15) is 48.5 Å². The van der Waals surface area contributed by atoms with Gasteiger partial charge >= 0.3 is 0 Å². The van der Waals surface area contributed by atoms with Gasteiger partial charge in [0.05, 0.1) is 7.11 Å². The van der Waals surface area contributed by atoms with E-state index in [2.05, 4.69) is 17.6 Å². The number of methoxy groups -OCH3 is 1. The number of hydrogen-bond donors (Lipinski definition) is 2. The molecule has 0 aliphatic carbocycles. The van der Waals surface area contributed by atoms with Gasteiger partial charge in [-0.25, -0.2) is 0 Å². The van der Waals surface area contributed by atoms with Gasteiger partial charge in [0.25, 0.3) is 11.8 Å². The number of amides is 2. The number of benzene rings is 2. The summed E-state index contributed by atoms with van der Waals surface area (Å²) in [7, 11) is 1.60. The van der Waals surface area contributed by atoms with Crippen LogP contribution in [-0.4, -0.2) is 25.5 Å². The Hall–Kier alpha value is -3.08. The molecule has 0 heterocycles. The summed E-state index contributed by atoms with van der Waals surface area (Å²) in [4.78, 5) is 25.2. The average Bonchev–Trinajstić information content (AvgIpc) is 2.74. The topological polar surface area (TPSA) is 67.4 Å². The van der Waals surface area contributed by atoms with Crippen molar-refractivity contribution in [3.63, 3.8) is 0 Å². The fraction of sp³-hybridized carbons (Fsp3) is 0.304. The van der Waals surface area contributed by atoms with E-state index in [9.17, 15) is 9.59 Å². The molecule has 0 aromatic heterocycles. The number of nitrogens with one attached hydrogen (secondary N) is 2. The maximum Gasteiger partial charge on any atom is 0.267 e. The Balaban J connectivity index is 2.12. The number of unbranched alkanes of at least 4 members (excludes halogenated alkanes) is 3. The first-order chi connectivity index (χ1) is 13.6. The molecule has 5 heteroatoms. The molecule has 0 aliphatic rings. The van der Waals surface area contributed by atoms with Crippen molar-refractivity contribution in [3.8, 4) is 5.75 Å². The van der Waals surface area contributed by atoms with E-state index in [1.54, 1.807) is 37.5 Å². The van der Waals surface area contributed by atoms with Crippen LogP contribution in [0.4, 0.5) is 0 Å². The molecule has 2 amide bonds. The Morgan fingerprint density at radius 3 is 2.32 bits per heavy atom. The van der Waals surface area contributed by atoms with Crippen molar-refractivity contribution in [2.75, 3.05) is 13.7 Å². The summed E-state index contributed by atoms with van der Waals surface area (Å²) in [6.45, 7) is 2.73. The van der Waals surface area contributed by atoms with Gasteiger partial charge in [0.1, 0.15) is 11.4 Å². The zero-order valence-electron chi connectivity index (χ0n) is 16.5. The van der Waals surface area contributed by atoms with Gasteiger partial charge in [0.2, 0.25) is 0 Å². The average molecular weight is 380 g/mol. The van der Waals surface area contributed by atoms with Crippen LogP contribution in [0.5, 0.6) is 5.75 Å². The molecule has 2 aromatic rings. The van der Waals surface area contributed by atoms with Crippen LogP contribution in [0.25, 0.3) is 6.08 Å². The molecule has 0 fully saturated rings. The highest BCUT2D eigenvalue weighted by Crippen LogP contribution is 2.14. The highest BCUT2D eigenvalue weighted by molar-refractivity contribution is 6.05. The Kier molecular flexibility index (Phi) is 8.79. The summed E-state index contributed by atoms with van der Waals surface area (Å²) in [5.41, 5.74) is 1.51. The van der Waals surface area contributed by atoms with Crippen molar-refractivity contribution in [2.45, 2.75) is 32.6 Å². The van der Waals surface area contributed by atoms with Gasteiger partial charge in [-0.2, -0.15) is 0 Å². The van der Waals surface area contributed by atoms with Crippen molar-refractivity contribution in [1.29, 1.82) is 0 Å². The third-order valence-electron chi connectivity index (χ3n) is 4.27. The van der Waals surface area contributed by atoms with E-state index in [1.165, 1.54) is 0 Å². The van der Waals surface area contributed by atoms with Gasteiger partial charge in [-0.1, -0.05) is 56.5 Å². The van der Waals surface area contributed by atoms with E-state index in [1.807, 2.05) is 30.3 Å².